The fourth-order valence-electron chi connectivity index (χ4n) is 2.63. The highest BCUT2D eigenvalue weighted by molar-refractivity contribution is 7.17. The summed E-state index contributed by atoms with van der Waals surface area (Å²) in [5.74, 6) is 0.940. The number of aromatic nitrogens is 2. The lowest BCUT2D eigenvalue weighted by atomic mass is 9.99. The molecular formula is C18H21N3S. The van der Waals surface area contributed by atoms with Gasteiger partial charge in [0.15, 0.2) is 0 Å². The summed E-state index contributed by atoms with van der Waals surface area (Å²) < 4.78 is 0. The van der Waals surface area contributed by atoms with E-state index in [1.807, 2.05) is 0 Å². The highest BCUT2D eigenvalue weighted by atomic mass is 32.1. The van der Waals surface area contributed by atoms with Gasteiger partial charge in [-0.05, 0) is 38.3 Å². The van der Waals surface area contributed by atoms with E-state index < -0.39 is 0 Å². The van der Waals surface area contributed by atoms with E-state index in [0.717, 1.165) is 22.5 Å². The topological polar surface area (TPSA) is 37.8 Å². The molecule has 1 aromatic carbocycles. The van der Waals surface area contributed by atoms with Gasteiger partial charge in [-0.3, -0.25) is 0 Å². The van der Waals surface area contributed by atoms with Gasteiger partial charge in [0.2, 0.25) is 0 Å². The second kappa shape index (κ2) is 6.05. The molecule has 3 rings (SSSR count). The molecule has 0 saturated heterocycles. The van der Waals surface area contributed by atoms with E-state index in [9.17, 15) is 0 Å². The number of thiophene rings is 1. The van der Waals surface area contributed by atoms with Gasteiger partial charge in [-0.2, -0.15) is 0 Å². The fraction of sp³-hybridized carbons (Fsp3) is 0.333. The molecular weight excluding hydrogens is 290 g/mol. The zero-order valence-electron chi connectivity index (χ0n) is 13.5. The van der Waals surface area contributed by atoms with Gasteiger partial charge in [-0.1, -0.05) is 30.7 Å². The van der Waals surface area contributed by atoms with Crippen LogP contribution in [0.1, 0.15) is 31.4 Å². The minimum Gasteiger partial charge on any atom is -0.367 e. The Balaban J connectivity index is 2.18. The van der Waals surface area contributed by atoms with Gasteiger partial charge in [0, 0.05) is 17.0 Å². The molecule has 0 aliphatic carbocycles. The molecule has 0 spiro atoms. The molecule has 22 heavy (non-hydrogen) atoms. The van der Waals surface area contributed by atoms with Crippen LogP contribution in [-0.4, -0.2) is 16.0 Å². The van der Waals surface area contributed by atoms with E-state index in [1.165, 1.54) is 22.3 Å². The second-order valence-corrected chi connectivity index (χ2v) is 6.68. The van der Waals surface area contributed by atoms with Crippen LogP contribution in [0.4, 0.5) is 5.82 Å². The molecule has 4 heteroatoms. The van der Waals surface area contributed by atoms with Crippen molar-refractivity contribution < 1.29 is 0 Å². The largest absolute Gasteiger partial charge is 0.367 e. The van der Waals surface area contributed by atoms with Crippen molar-refractivity contribution >= 4 is 27.4 Å². The third-order valence-electron chi connectivity index (χ3n) is 4.04. The van der Waals surface area contributed by atoms with Gasteiger partial charge >= 0.3 is 0 Å². The van der Waals surface area contributed by atoms with Crippen LogP contribution in [0.5, 0.6) is 0 Å². The number of fused-ring (bicyclic) bond motifs is 1. The molecule has 114 valence electrons. The first-order chi connectivity index (χ1) is 10.6. The number of aryl methyl sites for hydroxylation is 2. The molecule has 0 amide bonds. The van der Waals surface area contributed by atoms with Gasteiger partial charge in [-0.25, -0.2) is 9.97 Å². The number of anilines is 1. The number of rotatable bonds is 4. The normalized spacial score (nSPS) is 12.5. The molecule has 2 aromatic heterocycles. The van der Waals surface area contributed by atoms with Gasteiger partial charge in [0.25, 0.3) is 0 Å². The molecule has 0 aliphatic heterocycles. The minimum absolute atomic E-state index is 0.393. The number of nitrogens with zero attached hydrogens (tertiary/aromatic N) is 2. The maximum atomic E-state index is 4.48. The van der Waals surface area contributed by atoms with Gasteiger partial charge in [-0.15, -0.1) is 11.3 Å². The Kier molecular flexibility index (Phi) is 4.12. The maximum Gasteiger partial charge on any atom is 0.139 e. The van der Waals surface area contributed by atoms with Crippen molar-refractivity contribution in [3.8, 4) is 11.1 Å². The van der Waals surface area contributed by atoms with Crippen LogP contribution in [-0.2, 0) is 0 Å². The fourth-order valence-corrected chi connectivity index (χ4v) is 3.54. The predicted molar refractivity (Wildman–Crippen MR) is 95.7 cm³/mol. The maximum absolute atomic E-state index is 4.48. The van der Waals surface area contributed by atoms with E-state index in [0.29, 0.717) is 6.04 Å². The van der Waals surface area contributed by atoms with Crippen LogP contribution in [0.3, 0.4) is 0 Å². The Morgan fingerprint density at radius 3 is 2.73 bits per heavy atom. The van der Waals surface area contributed by atoms with E-state index >= 15 is 0 Å². The molecule has 0 fully saturated rings. The summed E-state index contributed by atoms with van der Waals surface area (Å²) in [4.78, 5) is 9.96. The van der Waals surface area contributed by atoms with Crippen molar-refractivity contribution in [2.45, 2.75) is 40.2 Å². The predicted octanol–water partition coefficient (Wildman–Crippen LogP) is 5.19. The van der Waals surface area contributed by atoms with Crippen molar-refractivity contribution in [1.29, 1.82) is 0 Å². The third-order valence-corrected chi connectivity index (χ3v) is 4.92. The minimum atomic E-state index is 0.393. The second-order valence-electron chi connectivity index (χ2n) is 5.82. The lowest BCUT2D eigenvalue weighted by Crippen LogP contribution is -2.14. The van der Waals surface area contributed by atoms with Gasteiger partial charge < -0.3 is 5.32 Å². The highest BCUT2D eigenvalue weighted by Crippen LogP contribution is 2.38. The summed E-state index contributed by atoms with van der Waals surface area (Å²) in [6, 6.07) is 6.98. The van der Waals surface area contributed by atoms with E-state index in [2.05, 4.69) is 66.6 Å². The number of hydrogen-bond donors (Lipinski definition) is 1. The zero-order chi connectivity index (χ0) is 15.7. The lowest BCUT2D eigenvalue weighted by Gasteiger charge is -2.14. The average molecular weight is 311 g/mol. The van der Waals surface area contributed by atoms with Crippen molar-refractivity contribution in [2.24, 2.45) is 0 Å². The Morgan fingerprint density at radius 2 is 2.00 bits per heavy atom. The van der Waals surface area contributed by atoms with Crippen LogP contribution < -0.4 is 5.32 Å². The molecule has 3 aromatic rings. The number of hydrogen-bond acceptors (Lipinski definition) is 4. The quantitative estimate of drug-likeness (QED) is 0.721. The smallest absolute Gasteiger partial charge is 0.139 e. The molecule has 1 unspecified atom stereocenters. The van der Waals surface area contributed by atoms with Gasteiger partial charge in [0.05, 0.1) is 5.39 Å². The summed E-state index contributed by atoms with van der Waals surface area (Å²) in [6.45, 7) is 8.64. The first kappa shape index (κ1) is 15.0. The van der Waals surface area contributed by atoms with Crippen LogP contribution in [0, 0.1) is 13.8 Å². The zero-order valence-corrected chi connectivity index (χ0v) is 14.3. The average Bonchev–Trinajstić information content (AvgIpc) is 2.92. The molecule has 1 N–H and O–H groups in total. The molecule has 0 radical (unpaired) electrons. The Bertz CT molecular complexity index is 807. The molecule has 0 saturated carbocycles. The highest BCUT2D eigenvalue weighted by Gasteiger charge is 2.15. The van der Waals surface area contributed by atoms with Gasteiger partial charge in [0.1, 0.15) is 17.0 Å². The monoisotopic (exact) mass is 311 g/mol. The summed E-state index contributed by atoms with van der Waals surface area (Å²) in [6.07, 6.45) is 2.71. The van der Waals surface area contributed by atoms with Crippen LogP contribution >= 0.6 is 11.3 Å². The molecule has 1 atom stereocenters. The number of nitrogens with one attached hydrogen (secondary N) is 1. The Labute approximate surface area is 135 Å². The van der Waals surface area contributed by atoms with E-state index in [-0.39, 0.29) is 0 Å². The summed E-state index contributed by atoms with van der Waals surface area (Å²) >= 11 is 1.68. The summed E-state index contributed by atoms with van der Waals surface area (Å²) in [5, 5.41) is 6.85. The lowest BCUT2D eigenvalue weighted by molar-refractivity contribution is 0.760. The first-order valence-electron chi connectivity index (χ1n) is 7.66. The summed E-state index contributed by atoms with van der Waals surface area (Å²) in [7, 11) is 0. The Hall–Kier alpha value is -1.94. The first-order valence-corrected chi connectivity index (χ1v) is 8.54. The van der Waals surface area contributed by atoms with Crippen LogP contribution in [0.2, 0.25) is 0 Å². The van der Waals surface area contributed by atoms with E-state index in [4.69, 9.17) is 0 Å². The SMILES string of the molecule is CCC(C)Nc1ncnc2scc(-c3ccc(C)cc3C)c12. The van der Waals surface area contributed by atoms with Crippen molar-refractivity contribution in [1.82, 2.24) is 9.97 Å². The van der Waals surface area contributed by atoms with Crippen molar-refractivity contribution in [3.05, 3.63) is 41.0 Å². The molecule has 0 bridgehead atoms. The van der Waals surface area contributed by atoms with Crippen LogP contribution in [0.25, 0.3) is 21.3 Å². The summed E-state index contributed by atoms with van der Waals surface area (Å²) in [5.41, 5.74) is 5.07. The molecule has 2 heterocycles. The Morgan fingerprint density at radius 1 is 1.18 bits per heavy atom. The standard InChI is InChI=1S/C18H21N3S/c1-5-13(4)21-17-16-15(9-22-18(16)20-10-19-17)14-7-6-11(2)8-12(14)3/h6-10,13H,5H2,1-4H3,(H,19,20,21). The molecule has 0 aliphatic rings. The van der Waals surface area contributed by atoms with Crippen molar-refractivity contribution in [2.75, 3.05) is 5.32 Å². The third kappa shape index (κ3) is 2.71. The number of benzene rings is 1. The van der Waals surface area contributed by atoms with E-state index in [1.54, 1.807) is 17.7 Å². The molecule has 3 nitrogen and oxygen atoms in total. The van der Waals surface area contributed by atoms with Crippen molar-refractivity contribution in [3.63, 3.8) is 0 Å². The van der Waals surface area contributed by atoms with Crippen LogP contribution in [0.15, 0.2) is 29.9 Å².